The molecule has 5 N–H and O–H groups in total. The molecular weight excluding hydrogens is 398 g/mol. The number of carbonyl (C=O) groups excluding carboxylic acids is 1. The molecule has 2 heterocycles. The first-order valence-electron chi connectivity index (χ1n) is 7.66. The van der Waals surface area contributed by atoms with E-state index in [9.17, 15) is 4.79 Å². The molecule has 0 spiro atoms. The number of hydrogen-bond acceptors (Lipinski definition) is 7. The number of hydrazine groups is 1. The van der Waals surface area contributed by atoms with Crippen molar-refractivity contribution < 1.29 is 4.79 Å². The first kappa shape index (κ1) is 17.6. The van der Waals surface area contributed by atoms with E-state index in [1.165, 1.54) is 6.33 Å². The highest BCUT2D eigenvalue weighted by atomic mass is 79.9. The zero-order valence-corrected chi connectivity index (χ0v) is 15.4. The van der Waals surface area contributed by atoms with Gasteiger partial charge in [0.05, 0.1) is 5.56 Å². The van der Waals surface area contributed by atoms with Gasteiger partial charge in [0, 0.05) is 10.7 Å². The van der Waals surface area contributed by atoms with E-state index < -0.39 is 0 Å². The summed E-state index contributed by atoms with van der Waals surface area (Å²) < 4.78 is 0.683. The van der Waals surface area contributed by atoms with Gasteiger partial charge in [-0.05, 0) is 46.6 Å². The van der Waals surface area contributed by atoms with Crippen molar-refractivity contribution in [3.8, 4) is 0 Å². The van der Waals surface area contributed by atoms with Crippen molar-refractivity contribution in [2.75, 3.05) is 16.5 Å². The average Bonchev–Trinajstić information content (AvgIpc) is 2.64. The van der Waals surface area contributed by atoms with Crippen molar-refractivity contribution in [1.82, 2.24) is 20.4 Å². The maximum absolute atomic E-state index is 12.3. The SMILES string of the molecule is Cc1cccnc1Nc1ncnc(NNC(=O)c2ccccc2Br)c1N. The molecule has 0 aliphatic heterocycles. The van der Waals surface area contributed by atoms with Crippen molar-refractivity contribution >= 4 is 45.0 Å². The van der Waals surface area contributed by atoms with Gasteiger partial charge in [0.15, 0.2) is 11.6 Å². The van der Waals surface area contributed by atoms with Crippen LogP contribution in [0.25, 0.3) is 0 Å². The summed E-state index contributed by atoms with van der Waals surface area (Å²) in [5.74, 6) is 0.975. The monoisotopic (exact) mass is 413 g/mol. The van der Waals surface area contributed by atoms with Crippen LogP contribution in [0.15, 0.2) is 53.4 Å². The summed E-state index contributed by atoms with van der Waals surface area (Å²) in [6, 6.07) is 10.8. The van der Waals surface area contributed by atoms with Crippen LogP contribution in [0.3, 0.4) is 0 Å². The molecule has 3 rings (SSSR count). The Morgan fingerprint density at radius 3 is 2.58 bits per heavy atom. The van der Waals surface area contributed by atoms with Gasteiger partial charge in [-0.2, -0.15) is 0 Å². The van der Waals surface area contributed by atoms with Gasteiger partial charge in [0.25, 0.3) is 5.91 Å². The van der Waals surface area contributed by atoms with E-state index in [4.69, 9.17) is 5.73 Å². The lowest BCUT2D eigenvalue weighted by Crippen LogP contribution is -2.30. The molecule has 0 fully saturated rings. The average molecular weight is 414 g/mol. The third kappa shape index (κ3) is 3.89. The Kier molecular flexibility index (Phi) is 5.28. The number of nitrogens with one attached hydrogen (secondary N) is 3. The fraction of sp³-hybridized carbons (Fsp3) is 0.0588. The Hall–Kier alpha value is -3.20. The third-order valence-electron chi connectivity index (χ3n) is 3.54. The van der Waals surface area contributed by atoms with E-state index in [0.717, 1.165) is 5.56 Å². The molecule has 26 heavy (non-hydrogen) atoms. The molecule has 0 aliphatic carbocycles. The molecule has 0 saturated heterocycles. The number of pyridine rings is 1. The van der Waals surface area contributed by atoms with E-state index in [-0.39, 0.29) is 17.4 Å². The predicted molar refractivity (Wildman–Crippen MR) is 104 cm³/mol. The lowest BCUT2D eigenvalue weighted by molar-refractivity contribution is 0.0962. The first-order chi connectivity index (χ1) is 12.6. The minimum atomic E-state index is -0.328. The fourth-order valence-corrected chi connectivity index (χ4v) is 2.62. The number of carbonyl (C=O) groups is 1. The zero-order valence-electron chi connectivity index (χ0n) is 13.8. The topological polar surface area (TPSA) is 118 Å². The molecule has 8 nitrogen and oxygen atoms in total. The Labute approximate surface area is 158 Å². The molecular formula is C17H16BrN7O. The second-order valence-corrected chi connectivity index (χ2v) is 6.19. The maximum atomic E-state index is 12.3. The fourth-order valence-electron chi connectivity index (χ4n) is 2.15. The van der Waals surface area contributed by atoms with Crippen LogP contribution in [0.1, 0.15) is 15.9 Å². The van der Waals surface area contributed by atoms with Gasteiger partial charge in [0.1, 0.15) is 17.8 Å². The molecule has 132 valence electrons. The summed E-state index contributed by atoms with van der Waals surface area (Å²) in [6.45, 7) is 1.92. The maximum Gasteiger partial charge on any atom is 0.270 e. The van der Waals surface area contributed by atoms with E-state index in [1.807, 2.05) is 25.1 Å². The van der Waals surface area contributed by atoms with Crippen molar-refractivity contribution in [2.45, 2.75) is 6.92 Å². The quantitative estimate of drug-likeness (QED) is 0.474. The van der Waals surface area contributed by atoms with Gasteiger partial charge in [0.2, 0.25) is 0 Å². The number of aromatic nitrogens is 3. The lowest BCUT2D eigenvalue weighted by Gasteiger charge is -2.14. The molecule has 0 radical (unpaired) electrons. The van der Waals surface area contributed by atoms with Crippen molar-refractivity contribution in [2.24, 2.45) is 0 Å². The van der Waals surface area contributed by atoms with Gasteiger partial charge in [-0.3, -0.25) is 15.6 Å². The number of nitrogen functional groups attached to an aromatic ring is 1. The van der Waals surface area contributed by atoms with Gasteiger partial charge in [-0.15, -0.1) is 0 Å². The van der Waals surface area contributed by atoms with Crippen LogP contribution in [0.2, 0.25) is 0 Å². The van der Waals surface area contributed by atoms with Crippen LogP contribution < -0.4 is 21.9 Å². The first-order valence-corrected chi connectivity index (χ1v) is 8.45. The minimum absolute atomic E-state index is 0.255. The van der Waals surface area contributed by atoms with Crippen molar-refractivity contribution in [3.63, 3.8) is 0 Å². The number of rotatable bonds is 5. The second kappa shape index (κ2) is 7.79. The molecule has 3 aromatic rings. The summed E-state index contributed by atoms with van der Waals surface area (Å²) >= 11 is 3.34. The van der Waals surface area contributed by atoms with Crippen LogP contribution >= 0.6 is 15.9 Å². The normalized spacial score (nSPS) is 10.2. The number of amides is 1. The number of nitrogens with two attached hydrogens (primary N) is 1. The molecule has 0 bridgehead atoms. The highest BCUT2D eigenvalue weighted by Gasteiger charge is 2.12. The van der Waals surface area contributed by atoms with E-state index in [1.54, 1.807) is 24.4 Å². The Morgan fingerprint density at radius 1 is 1.04 bits per heavy atom. The van der Waals surface area contributed by atoms with Crippen molar-refractivity contribution in [1.29, 1.82) is 0 Å². The van der Waals surface area contributed by atoms with Gasteiger partial charge < -0.3 is 11.1 Å². The van der Waals surface area contributed by atoms with Crippen molar-refractivity contribution in [3.05, 3.63) is 64.5 Å². The largest absolute Gasteiger partial charge is 0.393 e. The van der Waals surface area contributed by atoms with Crippen LogP contribution in [-0.2, 0) is 0 Å². The molecule has 0 saturated carbocycles. The Balaban J connectivity index is 1.74. The highest BCUT2D eigenvalue weighted by Crippen LogP contribution is 2.25. The summed E-state index contributed by atoms with van der Waals surface area (Å²) in [7, 11) is 0. The molecule has 0 atom stereocenters. The van der Waals surface area contributed by atoms with Gasteiger partial charge in [-0.25, -0.2) is 15.0 Å². The van der Waals surface area contributed by atoms with E-state index in [0.29, 0.717) is 21.7 Å². The molecule has 1 amide bonds. The Bertz CT molecular complexity index is 948. The smallest absolute Gasteiger partial charge is 0.270 e. The second-order valence-electron chi connectivity index (χ2n) is 5.34. The number of aryl methyl sites for hydroxylation is 1. The zero-order chi connectivity index (χ0) is 18.5. The van der Waals surface area contributed by atoms with Crippen LogP contribution in [-0.4, -0.2) is 20.9 Å². The predicted octanol–water partition coefficient (Wildman–Crippen LogP) is 3.03. The highest BCUT2D eigenvalue weighted by molar-refractivity contribution is 9.10. The van der Waals surface area contributed by atoms with Crippen LogP contribution in [0.5, 0.6) is 0 Å². The van der Waals surface area contributed by atoms with Crippen LogP contribution in [0, 0.1) is 6.92 Å². The number of nitrogens with zero attached hydrogens (tertiary/aromatic N) is 3. The molecule has 9 heteroatoms. The van der Waals surface area contributed by atoms with Gasteiger partial charge in [-0.1, -0.05) is 18.2 Å². The molecule has 0 unspecified atom stereocenters. The lowest BCUT2D eigenvalue weighted by atomic mass is 10.2. The standard InChI is InChI=1S/C17H16BrN7O/c1-10-5-4-8-20-14(10)23-15-13(19)16(22-9-21-15)24-25-17(26)11-6-2-3-7-12(11)18/h2-9H,19H2,1H3,(H,25,26)(H2,20,21,22,23,24). The van der Waals surface area contributed by atoms with Crippen LogP contribution in [0.4, 0.5) is 23.1 Å². The number of hydrogen-bond donors (Lipinski definition) is 4. The molecule has 1 aromatic carbocycles. The summed E-state index contributed by atoms with van der Waals surface area (Å²) in [5, 5.41) is 3.06. The number of benzene rings is 1. The van der Waals surface area contributed by atoms with E-state index >= 15 is 0 Å². The third-order valence-corrected chi connectivity index (χ3v) is 4.23. The molecule has 2 aromatic heterocycles. The minimum Gasteiger partial charge on any atom is -0.393 e. The van der Waals surface area contributed by atoms with E-state index in [2.05, 4.69) is 47.1 Å². The molecule has 0 aliphatic rings. The Morgan fingerprint density at radius 2 is 1.81 bits per heavy atom. The number of anilines is 4. The summed E-state index contributed by atoms with van der Waals surface area (Å²) in [4.78, 5) is 24.7. The number of halogens is 1. The van der Waals surface area contributed by atoms with Gasteiger partial charge >= 0.3 is 0 Å². The summed E-state index contributed by atoms with van der Waals surface area (Å²) in [6.07, 6.45) is 3.01. The summed E-state index contributed by atoms with van der Waals surface area (Å²) in [5.41, 5.74) is 13.1.